The third-order valence-electron chi connectivity index (χ3n) is 6.06. The van der Waals surface area contributed by atoms with Crippen molar-refractivity contribution in [2.75, 3.05) is 47.2 Å². The van der Waals surface area contributed by atoms with Gasteiger partial charge < -0.3 is 15.1 Å². The van der Waals surface area contributed by atoms with E-state index >= 15 is 0 Å². The van der Waals surface area contributed by atoms with Crippen molar-refractivity contribution in [2.24, 2.45) is 0 Å². The summed E-state index contributed by atoms with van der Waals surface area (Å²) in [6.07, 6.45) is 2.44. The molecule has 0 atom stereocenters. The molecule has 2 aromatic carbocycles. The molecule has 3 heterocycles. The van der Waals surface area contributed by atoms with Gasteiger partial charge in [-0.15, -0.1) is 11.3 Å². The van der Waals surface area contributed by atoms with Gasteiger partial charge >= 0.3 is 0 Å². The highest BCUT2D eigenvalue weighted by Gasteiger charge is 2.40. The fraction of sp³-hybridized carbons (Fsp3) is 0.231. The summed E-state index contributed by atoms with van der Waals surface area (Å²) in [4.78, 5) is 33.4. The molecule has 3 aromatic rings. The molecule has 0 bridgehead atoms. The van der Waals surface area contributed by atoms with Crippen molar-refractivity contribution in [2.45, 2.75) is 12.8 Å². The Labute approximate surface area is 197 Å². The number of nitrogens with zero attached hydrogens (tertiary/aromatic N) is 3. The lowest BCUT2D eigenvalue weighted by atomic mass is 10.1. The Balaban J connectivity index is 1.49. The van der Waals surface area contributed by atoms with Crippen LogP contribution in [0.4, 0.5) is 22.7 Å². The maximum Gasteiger partial charge on any atom is 0.282 e. The van der Waals surface area contributed by atoms with E-state index in [9.17, 15) is 9.59 Å². The van der Waals surface area contributed by atoms with Gasteiger partial charge in [0.15, 0.2) is 0 Å². The monoisotopic (exact) mass is 458 g/mol. The van der Waals surface area contributed by atoms with Crippen LogP contribution in [-0.4, -0.2) is 39.0 Å². The second-order valence-electron chi connectivity index (χ2n) is 8.45. The number of thiophene rings is 1. The van der Waals surface area contributed by atoms with E-state index in [2.05, 4.69) is 22.3 Å². The molecule has 6 nitrogen and oxygen atoms in total. The van der Waals surface area contributed by atoms with Gasteiger partial charge in [0, 0.05) is 49.1 Å². The Hall–Kier alpha value is -3.58. The molecule has 7 heteroatoms. The fourth-order valence-corrected chi connectivity index (χ4v) is 5.08. The molecular weight excluding hydrogens is 432 g/mol. The van der Waals surface area contributed by atoms with E-state index in [-0.39, 0.29) is 11.8 Å². The number of carbonyl (C=O) groups is 2. The van der Waals surface area contributed by atoms with Crippen LogP contribution in [0.1, 0.15) is 17.7 Å². The first-order valence-corrected chi connectivity index (χ1v) is 12.0. The van der Waals surface area contributed by atoms with Crippen LogP contribution >= 0.6 is 11.3 Å². The highest BCUT2D eigenvalue weighted by Crippen LogP contribution is 2.36. The van der Waals surface area contributed by atoms with Gasteiger partial charge in [-0.25, -0.2) is 4.90 Å². The minimum atomic E-state index is -0.345. The summed E-state index contributed by atoms with van der Waals surface area (Å²) in [5.41, 5.74) is 4.17. The fourth-order valence-electron chi connectivity index (χ4n) is 4.32. The number of rotatable bonds is 6. The van der Waals surface area contributed by atoms with E-state index in [1.165, 1.54) is 34.8 Å². The molecule has 1 N–H and O–H groups in total. The largest absolute Gasteiger partial charge is 0.378 e. The predicted octanol–water partition coefficient (Wildman–Crippen LogP) is 4.81. The second-order valence-corrected chi connectivity index (χ2v) is 9.40. The zero-order valence-corrected chi connectivity index (χ0v) is 19.6. The summed E-state index contributed by atoms with van der Waals surface area (Å²) < 4.78 is 0. The lowest BCUT2D eigenvalue weighted by Crippen LogP contribution is -2.32. The second kappa shape index (κ2) is 8.75. The zero-order chi connectivity index (χ0) is 22.9. The third kappa shape index (κ3) is 4.00. The molecule has 0 saturated carbocycles. The van der Waals surface area contributed by atoms with Crippen LogP contribution in [-0.2, 0) is 9.59 Å². The highest BCUT2D eigenvalue weighted by molar-refractivity contribution is 7.11. The zero-order valence-electron chi connectivity index (χ0n) is 18.7. The smallest absolute Gasteiger partial charge is 0.282 e. The van der Waals surface area contributed by atoms with Crippen LogP contribution in [0.15, 0.2) is 71.7 Å². The predicted molar refractivity (Wildman–Crippen MR) is 136 cm³/mol. The number of amides is 2. The van der Waals surface area contributed by atoms with E-state index in [0.29, 0.717) is 17.0 Å². The van der Waals surface area contributed by atoms with Gasteiger partial charge in [0.05, 0.1) is 11.3 Å². The molecule has 0 spiro atoms. The Bertz CT molecular complexity index is 1210. The SMILES string of the molecule is CN(C)c1cccc(N2C(=O)C(Nc3ccc(N4CCCC4)cc3)=C(c3cccs3)C2=O)c1. The first-order valence-electron chi connectivity index (χ1n) is 11.1. The lowest BCUT2D eigenvalue weighted by Gasteiger charge is -2.19. The van der Waals surface area contributed by atoms with Gasteiger partial charge in [-0.1, -0.05) is 12.1 Å². The molecule has 5 rings (SSSR count). The van der Waals surface area contributed by atoms with Crippen molar-refractivity contribution >= 4 is 51.5 Å². The maximum absolute atomic E-state index is 13.6. The average molecular weight is 459 g/mol. The minimum Gasteiger partial charge on any atom is -0.378 e. The van der Waals surface area contributed by atoms with Crippen LogP contribution in [0.5, 0.6) is 0 Å². The number of imide groups is 1. The molecule has 1 aromatic heterocycles. The summed E-state index contributed by atoms with van der Waals surface area (Å²) in [5.74, 6) is -0.655. The molecular formula is C26H26N4O2S. The van der Waals surface area contributed by atoms with Crippen molar-refractivity contribution < 1.29 is 9.59 Å². The number of hydrogen-bond acceptors (Lipinski definition) is 6. The molecule has 1 fully saturated rings. The van der Waals surface area contributed by atoms with Gasteiger partial charge in [0.25, 0.3) is 11.8 Å². The van der Waals surface area contributed by atoms with Crippen LogP contribution in [0, 0.1) is 0 Å². The lowest BCUT2D eigenvalue weighted by molar-refractivity contribution is -0.120. The van der Waals surface area contributed by atoms with E-state index in [0.717, 1.165) is 29.3 Å². The van der Waals surface area contributed by atoms with Crippen molar-refractivity contribution in [3.05, 3.63) is 76.6 Å². The number of carbonyl (C=O) groups excluding carboxylic acids is 2. The molecule has 2 aliphatic rings. The van der Waals surface area contributed by atoms with E-state index in [4.69, 9.17) is 0 Å². The normalized spacial score (nSPS) is 16.2. The summed E-state index contributed by atoms with van der Waals surface area (Å²) in [5, 5.41) is 5.17. The number of nitrogens with one attached hydrogen (secondary N) is 1. The van der Waals surface area contributed by atoms with E-state index in [1.807, 2.05) is 66.8 Å². The first kappa shape index (κ1) is 21.3. The Morgan fingerprint density at radius 3 is 2.30 bits per heavy atom. The maximum atomic E-state index is 13.6. The molecule has 0 radical (unpaired) electrons. The molecule has 1 saturated heterocycles. The van der Waals surface area contributed by atoms with Gasteiger partial charge in [-0.2, -0.15) is 0 Å². The summed E-state index contributed by atoms with van der Waals surface area (Å²) in [6, 6.07) is 19.3. The Kier molecular flexibility index (Phi) is 5.64. The van der Waals surface area contributed by atoms with Gasteiger partial charge in [-0.05, 0) is 66.8 Å². The van der Waals surface area contributed by atoms with Crippen molar-refractivity contribution in [1.29, 1.82) is 0 Å². The molecule has 168 valence electrons. The summed E-state index contributed by atoms with van der Waals surface area (Å²) in [7, 11) is 3.86. The topological polar surface area (TPSA) is 55.9 Å². The Morgan fingerprint density at radius 2 is 1.64 bits per heavy atom. The van der Waals surface area contributed by atoms with Crippen LogP contribution < -0.4 is 20.0 Å². The molecule has 2 aliphatic heterocycles. The van der Waals surface area contributed by atoms with Gasteiger partial charge in [0.2, 0.25) is 0 Å². The first-order chi connectivity index (χ1) is 16.0. The summed E-state index contributed by atoms with van der Waals surface area (Å²) in [6.45, 7) is 2.16. The molecule has 2 amide bonds. The standard InChI is InChI=1S/C26H26N4O2S/c1-28(2)20-7-5-8-21(17-20)30-25(31)23(22-9-6-16-33-22)24(26(30)32)27-18-10-12-19(13-11-18)29-14-3-4-15-29/h5-13,16-17,27H,3-4,14-15H2,1-2H3. The quantitative estimate of drug-likeness (QED) is 0.537. The van der Waals surface area contributed by atoms with Crippen molar-refractivity contribution in [1.82, 2.24) is 0 Å². The number of anilines is 4. The highest BCUT2D eigenvalue weighted by atomic mass is 32.1. The number of hydrogen-bond donors (Lipinski definition) is 1. The minimum absolute atomic E-state index is 0.311. The van der Waals surface area contributed by atoms with E-state index < -0.39 is 0 Å². The van der Waals surface area contributed by atoms with Crippen molar-refractivity contribution in [3.8, 4) is 0 Å². The summed E-state index contributed by atoms with van der Waals surface area (Å²) >= 11 is 1.45. The average Bonchev–Trinajstić information content (AvgIpc) is 3.57. The number of benzene rings is 2. The molecule has 33 heavy (non-hydrogen) atoms. The van der Waals surface area contributed by atoms with Crippen LogP contribution in [0.2, 0.25) is 0 Å². The molecule has 0 unspecified atom stereocenters. The third-order valence-corrected chi connectivity index (χ3v) is 6.95. The Morgan fingerprint density at radius 1 is 0.879 bits per heavy atom. The van der Waals surface area contributed by atoms with Gasteiger partial charge in [-0.3, -0.25) is 9.59 Å². The van der Waals surface area contributed by atoms with E-state index in [1.54, 1.807) is 6.07 Å². The van der Waals surface area contributed by atoms with Crippen molar-refractivity contribution in [3.63, 3.8) is 0 Å². The van der Waals surface area contributed by atoms with Crippen LogP contribution in [0.25, 0.3) is 5.57 Å². The van der Waals surface area contributed by atoms with Crippen LogP contribution in [0.3, 0.4) is 0 Å². The molecule has 0 aliphatic carbocycles. The van der Waals surface area contributed by atoms with Gasteiger partial charge in [0.1, 0.15) is 5.70 Å².